The molecule has 3 aromatic rings. The zero-order valence-corrected chi connectivity index (χ0v) is 14.9. The Morgan fingerprint density at radius 3 is 2.56 bits per heavy atom. The Bertz CT molecular complexity index is 1090. The van der Waals surface area contributed by atoms with Gasteiger partial charge in [-0.15, -0.1) is 0 Å². The normalized spacial score (nSPS) is 13.4. The van der Waals surface area contributed by atoms with E-state index in [1.54, 1.807) is 18.2 Å². The lowest BCUT2D eigenvalue weighted by Crippen LogP contribution is -2.30. The Labute approximate surface area is 155 Å². The van der Waals surface area contributed by atoms with Gasteiger partial charge in [0.15, 0.2) is 5.76 Å². The van der Waals surface area contributed by atoms with E-state index >= 15 is 0 Å². The van der Waals surface area contributed by atoms with Crippen molar-refractivity contribution in [2.45, 2.75) is 11.3 Å². The third-order valence-electron chi connectivity index (χ3n) is 4.37. The lowest BCUT2D eigenvalue weighted by molar-refractivity contribution is 0.0996. The van der Waals surface area contributed by atoms with Gasteiger partial charge in [-0.25, -0.2) is 8.42 Å². The van der Waals surface area contributed by atoms with Crippen LogP contribution in [0.4, 0.5) is 11.4 Å². The number of phenols is 1. The second-order valence-electron chi connectivity index (χ2n) is 6.07. The Kier molecular flexibility index (Phi) is 4.12. The highest BCUT2D eigenvalue weighted by atomic mass is 32.2. The molecule has 4 rings (SSSR count). The molecule has 1 aromatic heterocycles. The Balaban J connectivity index is 1.72. The molecule has 0 unspecified atom stereocenters. The van der Waals surface area contributed by atoms with Crippen molar-refractivity contribution in [1.29, 1.82) is 0 Å². The molecule has 7 nitrogen and oxygen atoms in total. The molecule has 138 valence electrons. The summed E-state index contributed by atoms with van der Waals surface area (Å²) >= 11 is 0. The van der Waals surface area contributed by atoms with Crippen molar-refractivity contribution in [2.24, 2.45) is 0 Å². The van der Waals surface area contributed by atoms with Crippen molar-refractivity contribution in [2.75, 3.05) is 16.2 Å². The van der Waals surface area contributed by atoms with Crippen LogP contribution in [0.5, 0.6) is 5.75 Å². The largest absolute Gasteiger partial charge is 0.508 e. The SMILES string of the molecule is O=C(Nc1cccc2c1N(S(=O)(=O)c1ccc(O)cc1)CC2)c1ccco1. The summed E-state index contributed by atoms with van der Waals surface area (Å²) in [5, 5.41) is 12.1. The van der Waals surface area contributed by atoms with Gasteiger partial charge < -0.3 is 14.8 Å². The molecule has 2 aromatic carbocycles. The predicted octanol–water partition coefficient (Wildman–Crippen LogP) is 2.99. The van der Waals surface area contributed by atoms with Gasteiger partial charge in [0.05, 0.1) is 22.5 Å². The molecule has 1 aliphatic rings. The number of fused-ring (bicyclic) bond motifs is 1. The summed E-state index contributed by atoms with van der Waals surface area (Å²) < 4.78 is 32.6. The van der Waals surface area contributed by atoms with E-state index in [0.717, 1.165) is 5.56 Å². The van der Waals surface area contributed by atoms with Crippen molar-refractivity contribution in [3.8, 4) is 5.75 Å². The number of rotatable bonds is 4. The van der Waals surface area contributed by atoms with Gasteiger partial charge in [-0.1, -0.05) is 12.1 Å². The van der Waals surface area contributed by atoms with Gasteiger partial charge in [-0.2, -0.15) is 0 Å². The van der Waals surface area contributed by atoms with E-state index in [1.807, 2.05) is 6.07 Å². The number of carbonyl (C=O) groups excluding carboxylic acids is 1. The van der Waals surface area contributed by atoms with Gasteiger partial charge in [-0.3, -0.25) is 9.10 Å². The summed E-state index contributed by atoms with van der Waals surface area (Å²) in [7, 11) is -3.83. The van der Waals surface area contributed by atoms with Gasteiger partial charge in [0.2, 0.25) is 0 Å². The molecule has 0 bridgehead atoms. The molecule has 1 amide bonds. The van der Waals surface area contributed by atoms with E-state index in [-0.39, 0.29) is 22.9 Å². The summed E-state index contributed by atoms with van der Waals surface area (Å²) in [5.74, 6) is -0.331. The first-order valence-electron chi connectivity index (χ1n) is 8.25. The molecule has 2 heterocycles. The number of para-hydroxylation sites is 1. The third kappa shape index (κ3) is 3.04. The topological polar surface area (TPSA) is 99.9 Å². The molecule has 0 saturated heterocycles. The first-order chi connectivity index (χ1) is 13.0. The van der Waals surface area contributed by atoms with Gasteiger partial charge >= 0.3 is 0 Å². The van der Waals surface area contributed by atoms with E-state index < -0.39 is 15.9 Å². The van der Waals surface area contributed by atoms with Crippen LogP contribution in [0.25, 0.3) is 0 Å². The van der Waals surface area contributed by atoms with E-state index in [2.05, 4.69) is 5.32 Å². The number of nitrogens with zero attached hydrogens (tertiary/aromatic N) is 1. The number of anilines is 2. The maximum absolute atomic E-state index is 13.1. The lowest BCUT2D eigenvalue weighted by Gasteiger charge is -2.22. The number of phenolic OH excluding ortho intramolecular Hbond substituents is 1. The molecule has 8 heteroatoms. The maximum Gasteiger partial charge on any atom is 0.291 e. The monoisotopic (exact) mass is 384 g/mol. The zero-order chi connectivity index (χ0) is 19.0. The fraction of sp³-hybridized carbons (Fsp3) is 0.105. The molecular formula is C19H16N2O5S. The number of hydrogen-bond acceptors (Lipinski definition) is 5. The smallest absolute Gasteiger partial charge is 0.291 e. The van der Waals surface area contributed by atoms with E-state index in [9.17, 15) is 18.3 Å². The molecule has 0 spiro atoms. The number of aromatic hydroxyl groups is 1. The molecule has 0 atom stereocenters. The number of sulfonamides is 1. The van der Waals surface area contributed by atoms with E-state index in [4.69, 9.17) is 4.42 Å². The number of hydrogen-bond donors (Lipinski definition) is 2. The van der Waals surface area contributed by atoms with E-state index in [1.165, 1.54) is 40.9 Å². The van der Waals surface area contributed by atoms with Crippen LogP contribution in [-0.4, -0.2) is 26.0 Å². The molecule has 0 aliphatic carbocycles. The predicted molar refractivity (Wildman–Crippen MR) is 99.4 cm³/mol. The zero-order valence-electron chi connectivity index (χ0n) is 14.1. The Morgan fingerprint density at radius 2 is 1.85 bits per heavy atom. The van der Waals surface area contributed by atoms with Crippen molar-refractivity contribution in [1.82, 2.24) is 0 Å². The van der Waals surface area contributed by atoms with Crippen LogP contribution >= 0.6 is 0 Å². The minimum Gasteiger partial charge on any atom is -0.508 e. The average molecular weight is 384 g/mol. The minimum atomic E-state index is -3.83. The van der Waals surface area contributed by atoms with E-state index in [0.29, 0.717) is 17.8 Å². The number of nitrogens with one attached hydrogen (secondary N) is 1. The maximum atomic E-state index is 13.1. The highest BCUT2D eigenvalue weighted by molar-refractivity contribution is 7.92. The van der Waals surface area contributed by atoms with Crippen molar-refractivity contribution >= 4 is 27.3 Å². The van der Waals surface area contributed by atoms with Gasteiger partial charge in [0.25, 0.3) is 15.9 Å². The summed E-state index contributed by atoms with van der Waals surface area (Å²) in [6, 6.07) is 13.8. The number of carbonyl (C=O) groups is 1. The summed E-state index contributed by atoms with van der Waals surface area (Å²) in [6.07, 6.45) is 1.93. The molecule has 0 saturated carbocycles. The number of furan rings is 1. The summed E-state index contributed by atoms with van der Waals surface area (Å²) in [5.41, 5.74) is 1.67. The molecule has 27 heavy (non-hydrogen) atoms. The summed E-state index contributed by atoms with van der Waals surface area (Å²) in [6.45, 7) is 0.270. The van der Waals surface area contributed by atoms with Crippen molar-refractivity contribution < 1.29 is 22.7 Å². The van der Waals surface area contributed by atoms with Crippen LogP contribution in [0.15, 0.2) is 70.2 Å². The first kappa shape index (κ1) is 17.2. The average Bonchev–Trinajstić information content (AvgIpc) is 3.33. The fourth-order valence-electron chi connectivity index (χ4n) is 3.10. The molecule has 0 fully saturated rings. The highest BCUT2D eigenvalue weighted by Gasteiger charge is 2.33. The quantitative estimate of drug-likeness (QED) is 0.720. The molecule has 2 N–H and O–H groups in total. The molecular weight excluding hydrogens is 368 g/mol. The number of benzene rings is 2. The standard InChI is InChI=1S/C19H16N2O5S/c22-14-6-8-15(9-7-14)27(24,25)21-11-10-13-3-1-4-16(18(13)21)20-19(23)17-5-2-12-26-17/h1-9,12,22H,10-11H2,(H,20,23). The lowest BCUT2D eigenvalue weighted by atomic mass is 10.1. The third-order valence-corrected chi connectivity index (χ3v) is 6.18. The Hall–Kier alpha value is -3.26. The van der Waals surface area contributed by atoms with Crippen LogP contribution in [0.2, 0.25) is 0 Å². The number of amides is 1. The minimum absolute atomic E-state index is 0.0119. The van der Waals surface area contributed by atoms with Crippen LogP contribution in [0.3, 0.4) is 0 Å². The van der Waals surface area contributed by atoms with Gasteiger partial charge in [-0.05, 0) is 54.4 Å². The van der Waals surface area contributed by atoms with Crippen LogP contribution < -0.4 is 9.62 Å². The molecule has 1 aliphatic heterocycles. The summed E-state index contributed by atoms with van der Waals surface area (Å²) in [4.78, 5) is 12.4. The van der Waals surface area contributed by atoms with Crippen molar-refractivity contribution in [3.63, 3.8) is 0 Å². The van der Waals surface area contributed by atoms with Crippen LogP contribution in [0.1, 0.15) is 16.1 Å². The molecule has 0 radical (unpaired) electrons. The van der Waals surface area contributed by atoms with Crippen LogP contribution in [-0.2, 0) is 16.4 Å². The second kappa shape index (κ2) is 6.48. The van der Waals surface area contributed by atoms with Gasteiger partial charge in [0.1, 0.15) is 5.75 Å². The van der Waals surface area contributed by atoms with Crippen LogP contribution in [0, 0.1) is 0 Å². The van der Waals surface area contributed by atoms with Gasteiger partial charge in [0, 0.05) is 6.54 Å². The second-order valence-corrected chi connectivity index (χ2v) is 7.93. The Morgan fingerprint density at radius 1 is 1.07 bits per heavy atom. The fourth-order valence-corrected chi connectivity index (χ4v) is 4.62. The first-order valence-corrected chi connectivity index (χ1v) is 9.69. The van der Waals surface area contributed by atoms with Crippen molar-refractivity contribution in [3.05, 3.63) is 72.2 Å². The highest BCUT2D eigenvalue weighted by Crippen LogP contribution is 2.39.